The lowest BCUT2D eigenvalue weighted by Gasteiger charge is -2.30. The maximum atomic E-state index is 9.77. The van der Waals surface area contributed by atoms with Gasteiger partial charge in [-0.05, 0) is 53.4 Å². The fraction of sp³-hybridized carbons (Fsp3) is 0.588. The van der Waals surface area contributed by atoms with Gasteiger partial charge in [0, 0.05) is 24.8 Å². The quantitative estimate of drug-likeness (QED) is 0.374. The van der Waals surface area contributed by atoms with Crippen molar-refractivity contribution < 1.29 is 30.0 Å². The molecule has 0 aromatic carbocycles. The van der Waals surface area contributed by atoms with Gasteiger partial charge in [0.05, 0.1) is 5.69 Å². The average Bonchev–Trinajstić information content (AvgIpc) is 3.31. The van der Waals surface area contributed by atoms with Crippen molar-refractivity contribution in [2.45, 2.75) is 44.1 Å². The van der Waals surface area contributed by atoms with Gasteiger partial charge in [-0.1, -0.05) is 6.92 Å². The molecule has 1 aliphatic heterocycles. The number of halogens is 1. The van der Waals surface area contributed by atoms with Crippen molar-refractivity contribution in [3.8, 4) is 0 Å². The molecule has 5 N–H and O–H groups in total. The van der Waals surface area contributed by atoms with Gasteiger partial charge in [-0.3, -0.25) is 0 Å². The van der Waals surface area contributed by atoms with Gasteiger partial charge in [0.25, 0.3) is 0 Å². The first-order valence-corrected chi connectivity index (χ1v) is 9.48. The minimum atomic E-state index is -2.27. The van der Waals surface area contributed by atoms with Gasteiger partial charge in [-0.15, -0.1) is 0 Å². The molecule has 0 radical (unpaired) electrons. The van der Waals surface area contributed by atoms with Gasteiger partial charge >= 0.3 is 11.9 Å². The van der Waals surface area contributed by atoms with Gasteiger partial charge < -0.3 is 30.6 Å². The zero-order chi connectivity index (χ0) is 20.1. The molecule has 10 heteroatoms. The number of hydrogen-bond donors (Lipinski definition) is 5. The van der Waals surface area contributed by atoms with E-state index in [0.717, 1.165) is 29.7 Å². The van der Waals surface area contributed by atoms with Crippen LogP contribution in [0.3, 0.4) is 0 Å². The topological polar surface area (TPSA) is 143 Å². The third-order valence-electron chi connectivity index (χ3n) is 4.66. The van der Waals surface area contributed by atoms with E-state index in [4.69, 9.17) is 20.4 Å². The molecule has 2 heterocycles. The Morgan fingerprint density at radius 2 is 1.93 bits per heavy atom. The summed E-state index contributed by atoms with van der Waals surface area (Å²) in [5.41, 5.74) is 1.26. The van der Waals surface area contributed by atoms with Gasteiger partial charge in [0.1, 0.15) is 4.60 Å². The van der Waals surface area contributed by atoms with Crippen LogP contribution >= 0.6 is 15.9 Å². The van der Waals surface area contributed by atoms with Crippen molar-refractivity contribution in [2.24, 2.45) is 5.92 Å². The van der Waals surface area contributed by atoms with Crippen LogP contribution in [0.5, 0.6) is 0 Å². The Labute approximate surface area is 165 Å². The van der Waals surface area contributed by atoms with Gasteiger partial charge in [0.2, 0.25) is 0 Å². The minimum Gasteiger partial charge on any atom is -0.479 e. The Balaban J connectivity index is 0.000000227. The third kappa shape index (κ3) is 5.38. The molecule has 2 aliphatic rings. The molecule has 4 unspecified atom stereocenters. The SMILES string of the molecule is CCNCC1CC2C[C@@H]2N1c1cccnc1Br.O=C(O)C(O)C(O)C(=O)O. The normalized spacial score (nSPS) is 25.0. The number of fused-ring (bicyclic) bond motifs is 1. The zero-order valence-electron chi connectivity index (χ0n) is 14.8. The van der Waals surface area contributed by atoms with Crippen LogP contribution in [-0.4, -0.2) is 74.7 Å². The molecule has 1 aromatic rings. The maximum absolute atomic E-state index is 9.77. The molecular formula is C17H24BrN3O6. The van der Waals surface area contributed by atoms with Crippen molar-refractivity contribution in [2.75, 3.05) is 18.0 Å². The molecule has 1 saturated heterocycles. The second-order valence-corrected chi connectivity index (χ2v) is 7.30. The lowest BCUT2D eigenvalue weighted by atomic mass is 10.1. The van der Waals surface area contributed by atoms with Crippen LogP contribution in [0.2, 0.25) is 0 Å². The summed E-state index contributed by atoms with van der Waals surface area (Å²) in [4.78, 5) is 26.5. The smallest absolute Gasteiger partial charge is 0.335 e. The van der Waals surface area contributed by atoms with E-state index < -0.39 is 24.1 Å². The molecule has 1 aliphatic carbocycles. The van der Waals surface area contributed by atoms with Crippen LogP contribution in [-0.2, 0) is 9.59 Å². The highest BCUT2D eigenvalue weighted by molar-refractivity contribution is 9.10. The number of hydrogen-bond acceptors (Lipinski definition) is 7. The van der Waals surface area contributed by atoms with Crippen molar-refractivity contribution >= 4 is 33.6 Å². The molecule has 0 bridgehead atoms. The molecule has 5 atom stereocenters. The van der Waals surface area contributed by atoms with E-state index in [1.54, 1.807) is 0 Å². The molecule has 1 saturated carbocycles. The second kappa shape index (κ2) is 9.45. The Bertz CT molecular complexity index is 658. The van der Waals surface area contributed by atoms with Crippen molar-refractivity contribution in [1.29, 1.82) is 0 Å². The number of aliphatic hydroxyl groups is 2. The summed E-state index contributed by atoms with van der Waals surface area (Å²) in [6, 6.07) is 5.61. The lowest BCUT2D eigenvalue weighted by molar-refractivity contribution is -0.165. The minimum absolute atomic E-state index is 0.638. The molecule has 0 amide bonds. The number of likely N-dealkylation sites (N-methyl/N-ethyl adjacent to an activating group) is 1. The Hall–Kier alpha value is -1.75. The number of rotatable bonds is 7. The summed E-state index contributed by atoms with van der Waals surface area (Å²) in [6.07, 6.45) is 0.00558. The van der Waals surface area contributed by atoms with Crippen LogP contribution in [0.4, 0.5) is 5.69 Å². The van der Waals surface area contributed by atoms with Crippen molar-refractivity contribution in [3.05, 3.63) is 22.9 Å². The van der Waals surface area contributed by atoms with Crippen LogP contribution in [0.15, 0.2) is 22.9 Å². The average molecular weight is 446 g/mol. The molecule has 3 rings (SSSR count). The van der Waals surface area contributed by atoms with Gasteiger partial charge in [0.15, 0.2) is 12.2 Å². The summed E-state index contributed by atoms with van der Waals surface area (Å²) in [5.74, 6) is -2.62. The van der Waals surface area contributed by atoms with E-state index in [2.05, 4.69) is 44.1 Å². The summed E-state index contributed by atoms with van der Waals surface area (Å²) in [7, 11) is 0. The van der Waals surface area contributed by atoms with E-state index in [-0.39, 0.29) is 0 Å². The first-order chi connectivity index (χ1) is 12.8. The lowest BCUT2D eigenvalue weighted by Crippen LogP contribution is -2.40. The van der Waals surface area contributed by atoms with Crippen molar-refractivity contribution in [3.63, 3.8) is 0 Å². The number of carboxylic acid groups (broad SMARTS) is 2. The number of pyridine rings is 1. The van der Waals surface area contributed by atoms with Crippen LogP contribution in [0.25, 0.3) is 0 Å². The maximum Gasteiger partial charge on any atom is 0.335 e. The number of carboxylic acids is 2. The van der Waals surface area contributed by atoms with E-state index in [0.29, 0.717) is 6.04 Å². The summed E-state index contributed by atoms with van der Waals surface area (Å²) < 4.78 is 0.981. The fourth-order valence-corrected chi connectivity index (χ4v) is 3.72. The standard InChI is InChI=1S/C13H18BrN3.C4H6O6/c1-2-15-8-10-6-9-7-12(9)17(10)11-4-3-5-16-13(11)14;5-1(3(7)8)2(6)4(9)10/h3-5,9-10,12,15H,2,6-8H2,1H3;1-2,5-6H,(H,7,8)(H,9,10)/t9?,10?,12-;/m0./s1. The molecule has 9 nitrogen and oxygen atoms in total. The number of aliphatic hydroxyl groups excluding tert-OH is 2. The Morgan fingerprint density at radius 3 is 2.44 bits per heavy atom. The summed E-state index contributed by atoms with van der Waals surface area (Å²) in [5, 5.41) is 36.0. The predicted octanol–water partition coefficient (Wildman–Crippen LogP) is 0.298. The number of aliphatic carboxylic acids is 2. The molecule has 150 valence electrons. The summed E-state index contributed by atoms with van der Waals surface area (Å²) >= 11 is 3.57. The van der Waals surface area contributed by atoms with E-state index in [1.807, 2.05) is 12.3 Å². The second-order valence-electron chi connectivity index (χ2n) is 6.55. The molecule has 27 heavy (non-hydrogen) atoms. The number of carbonyl (C=O) groups is 2. The molecule has 1 aromatic heterocycles. The highest BCUT2D eigenvalue weighted by atomic mass is 79.9. The Morgan fingerprint density at radius 1 is 1.30 bits per heavy atom. The first-order valence-electron chi connectivity index (χ1n) is 8.69. The van der Waals surface area contributed by atoms with Crippen molar-refractivity contribution in [1.82, 2.24) is 10.3 Å². The number of aromatic nitrogens is 1. The summed E-state index contributed by atoms with van der Waals surface area (Å²) in [6.45, 7) is 4.30. The highest BCUT2D eigenvalue weighted by Gasteiger charge is 2.52. The Kier molecular flexibility index (Phi) is 7.54. The number of piperidine rings is 1. The zero-order valence-corrected chi connectivity index (χ0v) is 16.4. The molecule has 2 fully saturated rings. The third-order valence-corrected chi connectivity index (χ3v) is 5.27. The van der Waals surface area contributed by atoms with E-state index in [9.17, 15) is 9.59 Å². The first kappa shape index (κ1) is 21.5. The van der Waals surface area contributed by atoms with Crippen LogP contribution < -0.4 is 10.2 Å². The van der Waals surface area contributed by atoms with Crippen LogP contribution in [0, 0.1) is 5.92 Å². The van der Waals surface area contributed by atoms with E-state index >= 15 is 0 Å². The van der Waals surface area contributed by atoms with E-state index in [1.165, 1.54) is 18.5 Å². The molecule has 0 spiro atoms. The fourth-order valence-electron chi connectivity index (χ4n) is 3.27. The van der Waals surface area contributed by atoms with Gasteiger partial charge in [-0.25, -0.2) is 14.6 Å². The largest absolute Gasteiger partial charge is 0.479 e. The number of anilines is 1. The van der Waals surface area contributed by atoms with Gasteiger partial charge in [-0.2, -0.15) is 0 Å². The monoisotopic (exact) mass is 445 g/mol. The number of nitrogens with zero attached hydrogens (tertiary/aromatic N) is 2. The predicted molar refractivity (Wildman–Crippen MR) is 101 cm³/mol. The molecular weight excluding hydrogens is 422 g/mol. The highest BCUT2D eigenvalue weighted by Crippen LogP contribution is 2.50. The number of nitrogens with one attached hydrogen (secondary N) is 1. The van der Waals surface area contributed by atoms with Crippen LogP contribution in [0.1, 0.15) is 19.8 Å².